The Morgan fingerprint density at radius 3 is 2.55 bits per heavy atom. The van der Waals surface area contributed by atoms with Gasteiger partial charge in [0, 0.05) is 25.8 Å². The molecule has 1 N–H and O–H groups in total. The van der Waals surface area contributed by atoms with Crippen LogP contribution in [-0.4, -0.2) is 21.2 Å². The molecule has 0 saturated heterocycles. The third kappa shape index (κ3) is 5.32. The van der Waals surface area contributed by atoms with Gasteiger partial charge in [-0.1, -0.05) is 41.0 Å². The molecule has 0 bridgehead atoms. The van der Waals surface area contributed by atoms with Gasteiger partial charge in [-0.05, 0) is 47.2 Å². The van der Waals surface area contributed by atoms with Crippen molar-refractivity contribution in [3.63, 3.8) is 0 Å². The van der Waals surface area contributed by atoms with Gasteiger partial charge in [0.25, 0.3) is 0 Å². The number of anilines is 1. The molecule has 0 atom stereocenters. The molecule has 29 heavy (non-hydrogen) atoms. The number of nitrogens with one attached hydrogen (secondary N) is 1. The minimum atomic E-state index is -0.343. The number of halogens is 2. The van der Waals surface area contributed by atoms with Gasteiger partial charge in [0.05, 0.1) is 0 Å². The monoisotopic (exact) mass is 514 g/mol. The maximum atomic E-state index is 14.8. The fourth-order valence-corrected chi connectivity index (χ4v) is 3.47. The second-order valence-electron chi connectivity index (χ2n) is 6.76. The zero-order valence-electron chi connectivity index (χ0n) is 17.9. The summed E-state index contributed by atoms with van der Waals surface area (Å²) in [7, 11) is 1.84. The van der Waals surface area contributed by atoms with Crippen LogP contribution in [0.5, 0.6) is 0 Å². The van der Waals surface area contributed by atoms with E-state index in [1.165, 1.54) is 6.07 Å². The SMILES string of the molecule is CC.CCCc1cnc(NC=O)cc1-c1cc(F)c2nn(C)c(C(C)C)c2c1.I.[HH]. The molecule has 1 aromatic carbocycles. The van der Waals surface area contributed by atoms with E-state index in [2.05, 4.69) is 36.2 Å². The van der Waals surface area contributed by atoms with Crippen LogP contribution in [0.15, 0.2) is 24.4 Å². The number of amides is 1. The molecule has 0 saturated carbocycles. The summed E-state index contributed by atoms with van der Waals surface area (Å²) in [5.41, 5.74) is 4.06. The molecule has 2 heterocycles. The van der Waals surface area contributed by atoms with Crippen molar-refractivity contribution in [3.8, 4) is 11.1 Å². The summed E-state index contributed by atoms with van der Waals surface area (Å²) in [5, 5.41) is 7.74. The Hall–Kier alpha value is -2.03. The van der Waals surface area contributed by atoms with E-state index in [0.717, 1.165) is 40.6 Å². The van der Waals surface area contributed by atoms with Gasteiger partial charge in [0.15, 0.2) is 5.82 Å². The summed E-state index contributed by atoms with van der Waals surface area (Å²) in [6.07, 6.45) is 4.12. The Kier molecular flexibility index (Phi) is 9.68. The van der Waals surface area contributed by atoms with Crippen molar-refractivity contribution >= 4 is 47.1 Å². The van der Waals surface area contributed by atoms with Crippen molar-refractivity contribution in [2.75, 3.05) is 5.32 Å². The standard InChI is InChI=1S/C20H23FN4O.C2H6.HI.H2/c1-5-6-13-10-22-18(23-11-26)9-15(13)14-7-16-19(17(21)8-14)24-25(4)20(16)12(2)3;1-2;;/h7-12H,5-6H2,1-4H3,(H,22,23,26);1-2H3;2*1H. The van der Waals surface area contributed by atoms with Crippen molar-refractivity contribution in [3.05, 3.63) is 41.5 Å². The summed E-state index contributed by atoms with van der Waals surface area (Å²) in [5.74, 6) is 0.328. The number of rotatable bonds is 6. The van der Waals surface area contributed by atoms with Gasteiger partial charge in [-0.15, -0.1) is 24.0 Å². The Bertz CT molecular complexity index is 975. The van der Waals surface area contributed by atoms with E-state index in [1.54, 1.807) is 16.9 Å². The van der Waals surface area contributed by atoms with Gasteiger partial charge in [-0.3, -0.25) is 9.48 Å². The molecule has 0 radical (unpaired) electrons. The molecule has 160 valence electrons. The maximum Gasteiger partial charge on any atom is 0.212 e. The molecule has 2 aromatic heterocycles. The van der Waals surface area contributed by atoms with E-state index in [9.17, 15) is 9.18 Å². The Morgan fingerprint density at radius 1 is 1.28 bits per heavy atom. The van der Waals surface area contributed by atoms with Gasteiger partial charge in [0.2, 0.25) is 6.41 Å². The highest BCUT2D eigenvalue weighted by Gasteiger charge is 2.18. The smallest absolute Gasteiger partial charge is 0.212 e. The van der Waals surface area contributed by atoms with Crippen molar-refractivity contribution in [2.45, 2.75) is 53.4 Å². The first-order valence-electron chi connectivity index (χ1n) is 9.81. The van der Waals surface area contributed by atoms with Crippen LogP contribution in [0, 0.1) is 5.82 Å². The van der Waals surface area contributed by atoms with Crippen molar-refractivity contribution in [2.24, 2.45) is 7.05 Å². The van der Waals surface area contributed by atoms with Gasteiger partial charge < -0.3 is 5.32 Å². The number of carbonyl (C=O) groups excluding carboxylic acids is 1. The molecule has 0 spiro atoms. The molecule has 1 amide bonds. The molecule has 0 aliphatic heterocycles. The number of carbonyl (C=O) groups is 1. The van der Waals surface area contributed by atoms with Crippen LogP contribution < -0.4 is 5.32 Å². The average Bonchev–Trinajstić information content (AvgIpc) is 3.01. The van der Waals surface area contributed by atoms with Gasteiger partial charge in [-0.2, -0.15) is 5.10 Å². The number of aromatic nitrogens is 3. The van der Waals surface area contributed by atoms with Crippen LogP contribution in [0.3, 0.4) is 0 Å². The molecule has 5 nitrogen and oxygen atoms in total. The summed E-state index contributed by atoms with van der Waals surface area (Å²) in [6, 6.07) is 5.30. The predicted molar refractivity (Wildman–Crippen MR) is 131 cm³/mol. The number of benzene rings is 1. The van der Waals surface area contributed by atoms with Crippen molar-refractivity contribution < 1.29 is 10.6 Å². The topological polar surface area (TPSA) is 59.8 Å². The van der Waals surface area contributed by atoms with Crippen molar-refractivity contribution in [1.29, 1.82) is 0 Å². The third-order valence-electron chi connectivity index (χ3n) is 4.51. The van der Waals surface area contributed by atoms with E-state index in [0.29, 0.717) is 17.7 Å². The number of hydrogen-bond donors (Lipinski definition) is 1. The van der Waals surface area contributed by atoms with E-state index in [-0.39, 0.29) is 37.1 Å². The Balaban J connectivity index is 0.00000204. The fraction of sp³-hybridized carbons (Fsp3) is 0.409. The molecule has 3 aromatic rings. The summed E-state index contributed by atoms with van der Waals surface area (Å²) in [4.78, 5) is 15.0. The molecule has 0 fully saturated rings. The molecule has 0 aliphatic carbocycles. The Morgan fingerprint density at radius 2 is 1.97 bits per heavy atom. The minimum absolute atomic E-state index is 0. The average molecular weight is 514 g/mol. The summed E-state index contributed by atoms with van der Waals surface area (Å²) < 4.78 is 16.5. The van der Waals surface area contributed by atoms with Crippen LogP contribution in [0.2, 0.25) is 0 Å². The molecule has 0 unspecified atom stereocenters. The molecule has 3 rings (SSSR count). The first kappa shape index (κ1) is 25.0. The molecule has 7 heteroatoms. The number of pyridine rings is 1. The number of fused-ring (bicyclic) bond motifs is 1. The zero-order valence-corrected chi connectivity index (χ0v) is 20.2. The van der Waals surface area contributed by atoms with E-state index in [1.807, 2.05) is 27.0 Å². The maximum absolute atomic E-state index is 14.8. The van der Waals surface area contributed by atoms with Crippen LogP contribution in [0.25, 0.3) is 22.0 Å². The predicted octanol–water partition coefficient (Wildman–Crippen LogP) is 6.31. The lowest BCUT2D eigenvalue weighted by Gasteiger charge is -2.12. The van der Waals surface area contributed by atoms with Gasteiger partial charge in [0.1, 0.15) is 11.3 Å². The minimum Gasteiger partial charge on any atom is -0.313 e. The number of nitrogens with zero attached hydrogens (tertiary/aromatic N) is 3. The van der Waals surface area contributed by atoms with E-state index >= 15 is 0 Å². The highest BCUT2D eigenvalue weighted by atomic mass is 127. The first-order chi connectivity index (χ1) is 13.5. The fourth-order valence-electron chi connectivity index (χ4n) is 3.47. The quantitative estimate of drug-likeness (QED) is 0.310. The second-order valence-corrected chi connectivity index (χ2v) is 6.76. The third-order valence-corrected chi connectivity index (χ3v) is 4.51. The zero-order chi connectivity index (χ0) is 20.8. The summed E-state index contributed by atoms with van der Waals surface area (Å²) in [6.45, 7) is 10.2. The van der Waals surface area contributed by atoms with Gasteiger partial charge in [-0.25, -0.2) is 9.37 Å². The lowest BCUT2D eigenvalue weighted by Crippen LogP contribution is -2.00. The second kappa shape index (κ2) is 11.2. The van der Waals surface area contributed by atoms with E-state index in [4.69, 9.17) is 0 Å². The lowest BCUT2D eigenvalue weighted by molar-refractivity contribution is -0.105. The first-order valence-corrected chi connectivity index (χ1v) is 9.81. The van der Waals surface area contributed by atoms with Crippen LogP contribution in [0.1, 0.15) is 59.6 Å². The van der Waals surface area contributed by atoms with Crippen LogP contribution >= 0.6 is 24.0 Å². The number of aryl methyl sites for hydroxylation is 2. The number of hydrogen-bond acceptors (Lipinski definition) is 3. The van der Waals surface area contributed by atoms with Crippen molar-refractivity contribution in [1.82, 2.24) is 14.8 Å². The highest BCUT2D eigenvalue weighted by molar-refractivity contribution is 14.0. The van der Waals surface area contributed by atoms with Gasteiger partial charge >= 0.3 is 0 Å². The molecule has 0 aliphatic rings. The largest absolute Gasteiger partial charge is 0.313 e. The summed E-state index contributed by atoms with van der Waals surface area (Å²) >= 11 is 0. The molecular formula is C22H32FIN4O. The lowest BCUT2D eigenvalue weighted by atomic mass is 9.96. The molecular weight excluding hydrogens is 482 g/mol. The van der Waals surface area contributed by atoms with Crippen LogP contribution in [0.4, 0.5) is 10.2 Å². The Labute approximate surface area is 190 Å². The van der Waals surface area contributed by atoms with Crippen LogP contribution in [-0.2, 0) is 18.3 Å². The normalized spacial score (nSPS) is 10.3. The highest BCUT2D eigenvalue weighted by Crippen LogP contribution is 2.34. The van der Waals surface area contributed by atoms with E-state index < -0.39 is 0 Å².